The van der Waals surface area contributed by atoms with Crippen LogP contribution < -0.4 is 10.0 Å². The monoisotopic (exact) mass is 261 g/mol. The van der Waals surface area contributed by atoms with E-state index in [1.54, 1.807) is 0 Å². The van der Waals surface area contributed by atoms with Crippen molar-refractivity contribution in [2.75, 3.05) is 7.05 Å². The summed E-state index contributed by atoms with van der Waals surface area (Å²) >= 11 is 0. The first-order valence-corrected chi connectivity index (χ1v) is 6.26. The van der Waals surface area contributed by atoms with E-state index >= 15 is 0 Å². The fourth-order valence-electron chi connectivity index (χ4n) is 1.02. The lowest BCUT2D eigenvalue weighted by Gasteiger charge is -2.13. The first kappa shape index (κ1) is 13.5. The Bertz CT molecular complexity index is 501. The maximum Gasteiger partial charge on any atom is 0.270 e. The van der Waals surface area contributed by atoms with Gasteiger partial charge in [-0.2, -0.15) is 0 Å². The van der Waals surface area contributed by atoms with Crippen molar-refractivity contribution in [3.05, 3.63) is 29.8 Å². The van der Waals surface area contributed by atoms with Crippen LogP contribution >= 0.6 is 0 Å². The number of sulfonamides is 1. The largest absolute Gasteiger partial charge is 0.333 e. The van der Waals surface area contributed by atoms with Gasteiger partial charge in [-0.3, -0.25) is 4.79 Å². The second kappa shape index (κ2) is 5.19. The SMILES string of the molecule is CNS(=O)(=O)C(C)NC(=O)c1ccc(F)cn1. The van der Waals surface area contributed by atoms with Gasteiger partial charge in [0, 0.05) is 0 Å². The Morgan fingerprint density at radius 1 is 1.47 bits per heavy atom. The number of nitrogens with zero attached hydrogens (tertiary/aromatic N) is 1. The number of amides is 1. The van der Waals surface area contributed by atoms with Crippen LogP contribution in [0.4, 0.5) is 4.39 Å². The lowest BCUT2D eigenvalue weighted by Crippen LogP contribution is -2.43. The van der Waals surface area contributed by atoms with Crippen LogP contribution in [0.25, 0.3) is 0 Å². The zero-order valence-electron chi connectivity index (χ0n) is 9.27. The molecule has 1 atom stereocenters. The first-order valence-electron chi connectivity index (χ1n) is 4.71. The number of halogens is 1. The minimum Gasteiger partial charge on any atom is -0.333 e. The van der Waals surface area contributed by atoms with Crippen molar-refractivity contribution in [1.29, 1.82) is 0 Å². The summed E-state index contributed by atoms with van der Waals surface area (Å²) in [6.45, 7) is 1.31. The average molecular weight is 261 g/mol. The molecular weight excluding hydrogens is 249 g/mol. The Hall–Kier alpha value is -1.54. The molecule has 0 saturated carbocycles. The summed E-state index contributed by atoms with van der Waals surface area (Å²) in [7, 11) is -2.35. The van der Waals surface area contributed by atoms with Crippen LogP contribution in [0.1, 0.15) is 17.4 Å². The van der Waals surface area contributed by atoms with Gasteiger partial charge in [0.25, 0.3) is 5.91 Å². The van der Waals surface area contributed by atoms with Gasteiger partial charge >= 0.3 is 0 Å². The standard InChI is InChI=1S/C9H12FN3O3S/c1-6(17(15,16)11-2)13-9(14)8-4-3-7(10)5-12-8/h3-6,11H,1-2H3,(H,13,14). The molecule has 0 bridgehead atoms. The number of rotatable bonds is 4. The van der Waals surface area contributed by atoms with Crippen LogP contribution in [-0.4, -0.2) is 31.7 Å². The van der Waals surface area contributed by atoms with Crippen LogP contribution in [0.5, 0.6) is 0 Å². The molecule has 1 rings (SSSR count). The number of carbonyl (C=O) groups is 1. The van der Waals surface area contributed by atoms with Gasteiger partial charge in [0.1, 0.15) is 16.9 Å². The molecule has 8 heteroatoms. The summed E-state index contributed by atoms with van der Waals surface area (Å²) in [6, 6.07) is 2.24. The van der Waals surface area contributed by atoms with E-state index in [0.29, 0.717) is 0 Å². The van der Waals surface area contributed by atoms with Crippen molar-refractivity contribution in [1.82, 2.24) is 15.0 Å². The molecule has 17 heavy (non-hydrogen) atoms. The van der Waals surface area contributed by atoms with E-state index in [1.165, 1.54) is 20.0 Å². The van der Waals surface area contributed by atoms with E-state index in [4.69, 9.17) is 0 Å². The van der Waals surface area contributed by atoms with Crippen LogP contribution in [0.2, 0.25) is 0 Å². The topological polar surface area (TPSA) is 88.2 Å². The summed E-state index contributed by atoms with van der Waals surface area (Å²) in [5.74, 6) is -1.26. The predicted octanol–water partition coefficient (Wildman–Crippen LogP) is -0.154. The van der Waals surface area contributed by atoms with Crippen molar-refractivity contribution in [2.45, 2.75) is 12.3 Å². The molecule has 0 aliphatic rings. The molecule has 2 N–H and O–H groups in total. The van der Waals surface area contributed by atoms with E-state index in [9.17, 15) is 17.6 Å². The minimum absolute atomic E-state index is 0.0513. The summed E-state index contributed by atoms with van der Waals surface area (Å²) in [5.41, 5.74) is -0.0513. The molecule has 0 aliphatic heterocycles. The minimum atomic E-state index is -3.59. The molecule has 1 aromatic rings. The number of aromatic nitrogens is 1. The van der Waals surface area contributed by atoms with Gasteiger partial charge in [-0.05, 0) is 26.1 Å². The van der Waals surface area contributed by atoms with E-state index in [1.807, 2.05) is 0 Å². The fourth-order valence-corrected chi connectivity index (χ4v) is 1.64. The number of hydrogen-bond acceptors (Lipinski definition) is 4. The number of nitrogens with one attached hydrogen (secondary N) is 2. The Morgan fingerprint density at radius 3 is 2.59 bits per heavy atom. The van der Waals surface area contributed by atoms with Crippen LogP contribution in [0.3, 0.4) is 0 Å². The Kier molecular flexibility index (Phi) is 4.13. The summed E-state index contributed by atoms with van der Waals surface area (Å²) in [6.07, 6.45) is 0.881. The third-order valence-electron chi connectivity index (χ3n) is 2.04. The molecule has 1 amide bonds. The number of hydrogen-bond donors (Lipinski definition) is 2. The van der Waals surface area contributed by atoms with Crippen molar-refractivity contribution in [3.63, 3.8) is 0 Å². The van der Waals surface area contributed by atoms with Crippen molar-refractivity contribution in [3.8, 4) is 0 Å². The molecular formula is C9H12FN3O3S. The molecule has 0 spiro atoms. The molecule has 0 fully saturated rings. The maximum absolute atomic E-state index is 12.6. The van der Waals surface area contributed by atoms with Crippen molar-refractivity contribution >= 4 is 15.9 Å². The third kappa shape index (κ3) is 3.46. The van der Waals surface area contributed by atoms with Crippen LogP contribution in [0, 0.1) is 5.82 Å². The van der Waals surface area contributed by atoms with Crippen LogP contribution in [0.15, 0.2) is 18.3 Å². The van der Waals surface area contributed by atoms with E-state index in [-0.39, 0.29) is 5.69 Å². The summed E-state index contributed by atoms with van der Waals surface area (Å²) in [4.78, 5) is 15.1. The van der Waals surface area contributed by atoms with E-state index < -0.39 is 27.1 Å². The normalized spacial score (nSPS) is 13.1. The third-order valence-corrected chi connectivity index (χ3v) is 3.66. The highest BCUT2D eigenvalue weighted by Crippen LogP contribution is 2.00. The second-order valence-corrected chi connectivity index (χ2v) is 5.43. The Labute approximate surface area is 98.3 Å². The molecule has 0 saturated heterocycles. The van der Waals surface area contributed by atoms with Gasteiger partial charge in [-0.25, -0.2) is 22.5 Å². The van der Waals surface area contributed by atoms with E-state index in [0.717, 1.165) is 12.3 Å². The van der Waals surface area contributed by atoms with Crippen LogP contribution in [-0.2, 0) is 10.0 Å². The second-order valence-electron chi connectivity index (χ2n) is 3.23. The predicted molar refractivity (Wildman–Crippen MR) is 59.1 cm³/mol. The lowest BCUT2D eigenvalue weighted by molar-refractivity contribution is 0.0945. The van der Waals surface area contributed by atoms with Gasteiger partial charge in [-0.15, -0.1) is 0 Å². The van der Waals surface area contributed by atoms with E-state index in [2.05, 4.69) is 15.0 Å². The van der Waals surface area contributed by atoms with Gasteiger partial charge in [0.2, 0.25) is 10.0 Å². The van der Waals surface area contributed by atoms with Gasteiger partial charge in [-0.1, -0.05) is 0 Å². The number of pyridine rings is 1. The average Bonchev–Trinajstić information content (AvgIpc) is 2.29. The van der Waals surface area contributed by atoms with Gasteiger partial charge in [0.05, 0.1) is 6.20 Å². The first-order chi connectivity index (χ1) is 7.86. The van der Waals surface area contributed by atoms with Crippen molar-refractivity contribution in [2.24, 2.45) is 0 Å². The maximum atomic E-state index is 12.6. The molecule has 0 radical (unpaired) electrons. The van der Waals surface area contributed by atoms with Gasteiger partial charge in [0.15, 0.2) is 0 Å². The quantitative estimate of drug-likeness (QED) is 0.788. The highest BCUT2D eigenvalue weighted by atomic mass is 32.2. The van der Waals surface area contributed by atoms with Gasteiger partial charge < -0.3 is 5.32 Å². The molecule has 0 aromatic carbocycles. The number of carbonyl (C=O) groups excluding carboxylic acids is 1. The fraction of sp³-hybridized carbons (Fsp3) is 0.333. The van der Waals surface area contributed by atoms with Crippen molar-refractivity contribution < 1.29 is 17.6 Å². The molecule has 94 valence electrons. The molecule has 1 unspecified atom stereocenters. The summed E-state index contributed by atoms with van der Waals surface area (Å²) in [5, 5.41) is 1.13. The Balaban J connectivity index is 2.77. The lowest BCUT2D eigenvalue weighted by atomic mass is 10.3. The molecule has 6 nitrogen and oxygen atoms in total. The molecule has 0 aliphatic carbocycles. The zero-order valence-corrected chi connectivity index (χ0v) is 10.1. The summed E-state index contributed by atoms with van der Waals surface area (Å²) < 4.78 is 37.3. The zero-order chi connectivity index (χ0) is 13.1. The molecule has 1 heterocycles. The smallest absolute Gasteiger partial charge is 0.270 e. The highest BCUT2D eigenvalue weighted by Gasteiger charge is 2.21. The Morgan fingerprint density at radius 2 is 2.12 bits per heavy atom. The molecule has 1 aromatic heterocycles. The highest BCUT2D eigenvalue weighted by molar-refractivity contribution is 7.90.